The minimum absolute atomic E-state index is 0. The highest BCUT2D eigenvalue weighted by Gasteiger charge is 2.29. The third-order valence-corrected chi connectivity index (χ3v) is 4.18. The van der Waals surface area contributed by atoms with Crippen molar-refractivity contribution in [3.8, 4) is 0 Å². The van der Waals surface area contributed by atoms with Gasteiger partial charge in [-0.25, -0.2) is 4.39 Å². The number of carbonyl (C=O) groups is 1. The summed E-state index contributed by atoms with van der Waals surface area (Å²) in [5.74, 6) is -1.47. The van der Waals surface area contributed by atoms with E-state index in [1.807, 2.05) is 0 Å². The zero-order valence-electron chi connectivity index (χ0n) is 12.2. The molecule has 2 aliphatic rings. The van der Waals surface area contributed by atoms with Gasteiger partial charge in [0, 0.05) is 31.9 Å². The molecule has 2 heterocycles. The van der Waals surface area contributed by atoms with Gasteiger partial charge in [0.25, 0.3) is 0 Å². The molecule has 0 radical (unpaired) electrons. The molecule has 1 atom stereocenters. The van der Waals surface area contributed by atoms with Crippen molar-refractivity contribution in [2.45, 2.75) is 12.5 Å². The summed E-state index contributed by atoms with van der Waals surface area (Å²) < 4.78 is 19.5. The highest BCUT2D eigenvalue weighted by Crippen LogP contribution is 2.23. The fourth-order valence-corrected chi connectivity index (χ4v) is 3.02. The van der Waals surface area contributed by atoms with Crippen LogP contribution in [0, 0.1) is 5.82 Å². The number of ether oxygens (including phenoxy) is 1. The number of fused-ring (bicyclic) bond motifs is 1. The predicted molar refractivity (Wildman–Crippen MR) is 83.4 cm³/mol. The van der Waals surface area contributed by atoms with Gasteiger partial charge in [-0.1, -0.05) is 6.07 Å². The Kier molecular flexibility index (Phi) is 5.61. The molecule has 0 unspecified atom stereocenters. The van der Waals surface area contributed by atoms with Crippen LogP contribution in [0.4, 0.5) is 10.1 Å². The molecule has 2 saturated heterocycles. The fourth-order valence-electron chi connectivity index (χ4n) is 3.02. The third-order valence-electron chi connectivity index (χ3n) is 4.18. The molecule has 0 aliphatic carbocycles. The van der Waals surface area contributed by atoms with Crippen LogP contribution < -0.4 is 4.90 Å². The molecular formula is C15H20ClFN2O3. The smallest absolute Gasteiger partial charge is 0.307 e. The van der Waals surface area contributed by atoms with E-state index < -0.39 is 11.8 Å². The first-order valence-electron chi connectivity index (χ1n) is 7.20. The van der Waals surface area contributed by atoms with Gasteiger partial charge >= 0.3 is 5.97 Å². The Morgan fingerprint density at radius 1 is 1.36 bits per heavy atom. The maximum absolute atomic E-state index is 14.0. The van der Waals surface area contributed by atoms with Crippen LogP contribution in [0.25, 0.3) is 0 Å². The Bertz CT molecular complexity index is 544. The largest absolute Gasteiger partial charge is 0.481 e. The van der Waals surface area contributed by atoms with Crippen LogP contribution in [0.15, 0.2) is 18.2 Å². The van der Waals surface area contributed by atoms with Gasteiger partial charge in [-0.2, -0.15) is 0 Å². The number of morpholine rings is 1. The first-order valence-corrected chi connectivity index (χ1v) is 7.20. The Morgan fingerprint density at radius 2 is 2.18 bits per heavy atom. The first kappa shape index (κ1) is 17.0. The molecule has 3 rings (SSSR count). The lowest BCUT2D eigenvalue weighted by Gasteiger charge is -2.44. The van der Waals surface area contributed by atoms with E-state index in [4.69, 9.17) is 9.84 Å². The second-order valence-corrected chi connectivity index (χ2v) is 5.56. The van der Waals surface area contributed by atoms with E-state index in [1.54, 1.807) is 12.1 Å². The lowest BCUT2D eigenvalue weighted by molar-refractivity contribution is -0.136. The van der Waals surface area contributed by atoms with Gasteiger partial charge in [0.2, 0.25) is 0 Å². The van der Waals surface area contributed by atoms with Crippen LogP contribution in [0.1, 0.15) is 5.56 Å². The average Bonchev–Trinajstić information content (AvgIpc) is 2.48. The molecule has 2 aliphatic heterocycles. The Hall–Kier alpha value is -1.37. The van der Waals surface area contributed by atoms with Gasteiger partial charge in [0.15, 0.2) is 0 Å². The van der Waals surface area contributed by atoms with Crippen LogP contribution in [0.2, 0.25) is 0 Å². The number of nitrogens with zero attached hydrogens (tertiary/aromatic N) is 2. The van der Waals surface area contributed by atoms with Gasteiger partial charge in [0.1, 0.15) is 5.82 Å². The van der Waals surface area contributed by atoms with Crippen molar-refractivity contribution in [2.24, 2.45) is 0 Å². The van der Waals surface area contributed by atoms with E-state index in [9.17, 15) is 9.18 Å². The lowest BCUT2D eigenvalue weighted by Crippen LogP contribution is -2.58. The maximum Gasteiger partial charge on any atom is 0.307 e. The molecule has 1 aromatic rings. The van der Waals surface area contributed by atoms with Crippen molar-refractivity contribution in [2.75, 3.05) is 44.3 Å². The average molecular weight is 331 g/mol. The summed E-state index contributed by atoms with van der Waals surface area (Å²) in [6, 6.07) is 5.18. The van der Waals surface area contributed by atoms with Crippen molar-refractivity contribution in [3.63, 3.8) is 0 Å². The molecule has 7 heteroatoms. The molecule has 0 bridgehead atoms. The van der Waals surface area contributed by atoms with Crippen LogP contribution in [0.3, 0.4) is 0 Å². The number of halogens is 2. The van der Waals surface area contributed by atoms with Gasteiger partial charge in [-0.05, 0) is 17.7 Å². The Labute approximate surface area is 135 Å². The van der Waals surface area contributed by atoms with E-state index in [-0.39, 0.29) is 24.4 Å². The number of benzene rings is 1. The highest BCUT2D eigenvalue weighted by atomic mass is 35.5. The SMILES string of the molecule is Cl.O=C(O)Cc1ccc(N2CCN3CCOC[C@@H]3C2)cc1F. The summed E-state index contributed by atoms with van der Waals surface area (Å²) in [4.78, 5) is 15.2. The minimum Gasteiger partial charge on any atom is -0.481 e. The summed E-state index contributed by atoms with van der Waals surface area (Å²) in [5.41, 5.74) is 1.04. The van der Waals surface area contributed by atoms with Crippen molar-refractivity contribution in [3.05, 3.63) is 29.6 Å². The molecule has 0 spiro atoms. The van der Waals surface area contributed by atoms with Crippen LogP contribution in [-0.2, 0) is 16.0 Å². The number of hydrogen-bond donors (Lipinski definition) is 1. The monoisotopic (exact) mass is 330 g/mol. The topological polar surface area (TPSA) is 53.0 Å². The number of piperazine rings is 1. The van der Waals surface area contributed by atoms with Gasteiger partial charge in [-0.15, -0.1) is 12.4 Å². The van der Waals surface area contributed by atoms with Crippen LogP contribution in [0.5, 0.6) is 0 Å². The standard InChI is InChI=1S/C15H19FN2O3.ClH/c16-14-8-12(2-1-11(14)7-15(19)20)18-4-3-17-5-6-21-10-13(17)9-18;/h1-2,8,13H,3-7,9-10H2,(H,19,20);1H/t13-;/m0./s1. The van der Waals surface area contributed by atoms with Crippen LogP contribution >= 0.6 is 12.4 Å². The minimum atomic E-state index is -1.02. The Balaban J connectivity index is 0.00000176. The second-order valence-electron chi connectivity index (χ2n) is 5.56. The predicted octanol–water partition coefficient (Wildman–Crippen LogP) is 1.40. The molecule has 0 aromatic heterocycles. The molecule has 0 saturated carbocycles. The molecule has 1 N–H and O–H groups in total. The maximum atomic E-state index is 14.0. The zero-order chi connectivity index (χ0) is 14.8. The summed E-state index contributed by atoms with van der Waals surface area (Å²) in [7, 11) is 0. The van der Waals surface area contributed by atoms with Crippen molar-refractivity contribution < 1.29 is 19.0 Å². The molecule has 5 nitrogen and oxygen atoms in total. The van der Waals surface area contributed by atoms with E-state index in [0.717, 1.165) is 45.1 Å². The Morgan fingerprint density at radius 3 is 2.91 bits per heavy atom. The van der Waals surface area contributed by atoms with Crippen molar-refractivity contribution in [1.82, 2.24) is 4.90 Å². The van der Waals surface area contributed by atoms with E-state index >= 15 is 0 Å². The number of anilines is 1. The van der Waals surface area contributed by atoms with Crippen LogP contribution in [-0.4, -0.2) is 61.4 Å². The summed E-state index contributed by atoms with van der Waals surface area (Å²) in [6.07, 6.45) is -0.281. The number of carboxylic acid groups (broad SMARTS) is 1. The van der Waals surface area contributed by atoms with E-state index in [1.165, 1.54) is 6.07 Å². The molecule has 1 aromatic carbocycles. The first-order chi connectivity index (χ1) is 10.1. The lowest BCUT2D eigenvalue weighted by atomic mass is 10.1. The zero-order valence-corrected chi connectivity index (χ0v) is 13.0. The van der Waals surface area contributed by atoms with Gasteiger partial charge in [-0.3, -0.25) is 9.69 Å². The molecule has 0 amide bonds. The normalized spacial score (nSPS) is 21.9. The van der Waals surface area contributed by atoms with Gasteiger partial charge in [0.05, 0.1) is 25.7 Å². The number of aliphatic carboxylic acids is 1. The number of carboxylic acids is 1. The van der Waals surface area contributed by atoms with E-state index in [0.29, 0.717) is 6.04 Å². The highest BCUT2D eigenvalue weighted by molar-refractivity contribution is 5.85. The van der Waals surface area contributed by atoms with Crippen molar-refractivity contribution >= 4 is 24.1 Å². The molecule has 2 fully saturated rings. The summed E-state index contributed by atoms with van der Waals surface area (Å²) in [6.45, 7) is 5.09. The quantitative estimate of drug-likeness (QED) is 0.908. The second kappa shape index (κ2) is 7.26. The van der Waals surface area contributed by atoms with Gasteiger partial charge < -0.3 is 14.7 Å². The van der Waals surface area contributed by atoms with E-state index in [2.05, 4.69) is 9.80 Å². The molecule has 122 valence electrons. The summed E-state index contributed by atoms with van der Waals surface area (Å²) in [5, 5.41) is 8.74. The number of hydrogen-bond acceptors (Lipinski definition) is 4. The molecular weight excluding hydrogens is 311 g/mol. The molecule has 22 heavy (non-hydrogen) atoms. The summed E-state index contributed by atoms with van der Waals surface area (Å²) >= 11 is 0. The fraction of sp³-hybridized carbons (Fsp3) is 0.533. The van der Waals surface area contributed by atoms with Crippen molar-refractivity contribution in [1.29, 1.82) is 0 Å². The number of rotatable bonds is 3. The third kappa shape index (κ3) is 3.69.